The fourth-order valence-electron chi connectivity index (χ4n) is 0. The van der Waals surface area contributed by atoms with Crippen LogP contribution in [0.3, 0.4) is 0 Å². The Labute approximate surface area is 106 Å². The maximum Gasteiger partial charge on any atom is 2.00 e. The van der Waals surface area contributed by atoms with E-state index in [0.29, 0.717) is 0 Å². The summed E-state index contributed by atoms with van der Waals surface area (Å²) in [5.41, 5.74) is 0. The summed E-state index contributed by atoms with van der Waals surface area (Å²) in [7, 11) is 0. The van der Waals surface area contributed by atoms with E-state index < -0.39 is 0 Å². The molecule has 0 radical (unpaired) electrons. The van der Waals surface area contributed by atoms with Gasteiger partial charge in [0, 0.05) is 21.7 Å². The summed E-state index contributed by atoms with van der Waals surface area (Å²) < 4.78 is 0. The summed E-state index contributed by atoms with van der Waals surface area (Å²) in [6.45, 7) is 0. The van der Waals surface area contributed by atoms with E-state index in [-0.39, 0.29) is 108 Å². The van der Waals surface area contributed by atoms with E-state index in [0.717, 1.165) is 0 Å². The minimum absolute atomic E-state index is 0. The van der Waals surface area contributed by atoms with Gasteiger partial charge in [-0.15, -0.1) is 0 Å². The van der Waals surface area contributed by atoms with Crippen LogP contribution in [-0.4, -0.2) is 59.6 Å². The Bertz CT molecular complexity index is 11.7. The van der Waals surface area contributed by atoms with Gasteiger partial charge in [0.25, 0.3) is 0 Å². The minimum Gasteiger partial charge on any atom is -0.870 e. The predicted octanol–water partition coefficient (Wildman–Crippen LogP) is -1.09. The normalized spacial score (nSPS) is 0. The van der Waals surface area contributed by atoms with E-state index >= 15 is 0 Å². The first-order valence-corrected chi connectivity index (χ1v) is 0. The number of hydrogen-bond acceptors (Lipinski definition) is 4. The molecule has 0 rings (SSSR count). The molecule has 0 aliphatic heterocycles. The molecule has 0 saturated heterocycles. The maximum atomic E-state index is 0. The summed E-state index contributed by atoms with van der Waals surface area (Å²) in [4.78, 5) is 0. The summed E-state index contributed by atoms with van der Waals surface area (Å²) in [6, 6.07) is 0. The van der Waals surface area contributed by atoms with Crippen molar-refractivity contribution in [3.05, 3.63) is 0 Å². The molecule has 0 fully saturated rings. The van der Waals surface area contributed by atoms with Crippen LogP contribution in [0.4, 0.5) is 0 Å². The van der Waals surface area contributed by atoms with Crippen LogP contribution in [0.15, 0.2) is 0 Å². The van der Waals surface area contributed by atoms with Crippen LogP contribution in [0.25, 0.3) is 0 Å². The van der Waals surface area contributed by atoms with Crippen molar-refractivity contribution in [3.8, 4) is 0 Å². The first-order valence-electron chi connectivity index (χ1n) is 0. The van der Waals surface area contributed by atoms with Crippen LogP contribution < -0.4 is 0 Å². The third-order valence-electron chi connectivity index (χ3n) is 0. The van der Waals surface area contributed by atoms with Gasteiger partial charge in [-0.2, -0.15) is 0 Å². The Kier molecular flexibility index (Phi) is 1020. The zero-order valence-electron chi connectivity index (χ0n) is 3.50. The van der Waals surface area contributed by atoms with Gasteiger partial charge in [0.2, 0.25) is 0 Å². The van der Waals surface area contributed by atoms with E-state index in [1.165, 1.54) is 0 Å². The topological polar surface area (TPSA) is 120 Å². The van der Waals surface area contributed by atoms with Gasteiger partial charge in [0.15, 0.2) is 0 Å². The van der Waals surface area contributed by atoms with Crippen LogP contribution in [0.2, 0.25) is 0 Å². The molecule has 0 unspecified atom stereocenters. The minimum atomic E-state index is 0. The molecule has 0 saturated carbocycles. The fourth-order valence-corrected chi connectivity index (χ4v) is 0. The van der Waals surface area contributed by atoms with Crippen molar-refractivity contribution in [2.24, 2.45) is 0 Å². The molecule has 0 aromatic heterocycles. The molecule has 0 aromatic carbocycles. The van der Waals surface area contributed by atoms with Crippen LogP contribution in [0.5, 0.6) is 0 Å². The molecule has 0 aliphatic rings. The second-order valence-corrected chi connectivity index (χ2v) is 0. The van der Waals surface area contributed by atoms with Crippen molar-refractivity contribution in [2.75, 3.05) is 0 Å². The smallest absolute Gasteiger partial charge is 0.870 e. The Morgan fingerprint density at radius 2 is 0.571 bits per heavy atom. The van der Waals surface area contributed by atoms with Gasteiger partial charge in [0.05, 0.1) is 0 Å². The molecule has 4 nitrogen and oxygen atoms in total. The van der Waals surface area contributed by atoms with Crippen LogP contribution >= 0.6 is 0 Å². The Balaban J connectivity index is 0. The second-order valence-electron chi connectivity index (χ2n) is 0. The van der Waals surface area contributed by atoms with Crippen molar-refractivity contribution < 1.29 is 69.8 Å². The van der Waals surface area contributed by atoms with Crippen LogP contribution in [0.1, 0.15) is 0 Å². The van der Waals surface area contributed by atoms with Gasteiger partial charge in [-0.3, -0.25) is 0 Å². The average molecular weight is 247 g/mol. The molecule has 0 heterocycles. The first kappa shape index (κ1) is 101. The quantitative estimate of drug-likeness (QED) is 0.505. The van der Waals surface area contributed by atoms with E-state index in [9.17, 15) is 0 Å². The van der Waals surface area contributed by atoms with Crippen molar-refractivity contribution >= 4 is 37.7 Å². The number of rotatable bonds is 0. The second kappa shape index (κ2) is 70.8. The third kappa shape index (κ3) is 53.6. The van der Waals surface area contributed by atoms with E-state index in [1.54, 1.807) is 0 Å². The molecule has 0 bridgehead atoms. The molecule has 0 aromatic rings. The zero-order chi connectivity index (χ0) is 0. The van der Waals surface area contributed by atoms with Gasteiger partial charge in [0.1, 0.15) is 0 Å². The average Bonchev–Trinajstić information content (AvgIpc) is 0. The monoisotopic (exact) mass is 246 g/mol. The summed E-state index contributed by atoms with van der Waals surface area (Å²) >= 11 is 0. The molecule has 7 heavy (non-hydrogen) atoms. The molecule has 0 spiro atoms. The molecule has 4 N–H and O–H groups in total. The summed E-state index contributed by atoms with van der Waals surface area (Å²) in [6.07, 6.45) is 0. The van der Waals surface area contributed by atoms with Crippen molar-refractivity contribution in [1.29, 1.82) is 0 Å². The largest absolute Gasteiger partial charge is 2.00 e. The van der Waals surface area contributed by atoms with Crippen molar-refractivity contribution in [1.82, 2.24) is 0 Å². The van der Waals surface area contributed by atoms with Gasteiger partial charge in [-0.1, -0.05) is 0 Å². The van der Waals surface area contributed by atoms with Gasteiger partial charge < -0.3 is 21.9 Å². The first-order chi connectivity index (χ1) is 0. The fraction of sp³-hybridized carbons (Fsp3) is 0. The van der Waals surface area contributed by atoms with E-state index in [4.69, 9.17) is 0 Å². The standard InChI is InChI=1S/Ca.4H2O.Ti.Zr/h;4*1H2;;/q+2;;;;;;+2/p-4. The molecule has 0 atom stereocenters. The van der Waals surface area contributed by atoms with Crippen LogP contribution in [-0.2, 0) is 47.9 Å². The Morgan fingerprint density at radius 1 is 0.571 bits per heavy atom. The van der Waals surface area contributed by atoms with E-state index in [2.05, 4.69) is 0 Å². The summed E-state index contributed by atoms with van der Waals surface area (Å²) in [5.74, 6) is 0. The molecule has 7 heteroatoms. The predicted molar refractivity (Wildman–Crippen MR) is 13.5 cm³/mol. The van der Waals surface area contributed by atoms with Gasteiger partial charge >= 0.3 is 63.9 Å². The molecule has 0 amide bonds. The van der Waals surface area contributed by atoms with Crippen molar-refractivity contribution in [2.45, 2.75) is 0 Å². The summed E-state index contributed by atoms with van der Waals surface area (Å²) in [5, 5.41) is 0. The maximum absolute atomic E-state index is 0. The van der Waals surface area contributed by atoms with E-state index in [1.807, 2.05) is 0 Å². The number of hydrogen-bond donors (Lipinski definition) is 0. The van der Waals surface area contributed by atoms with Gasteiger partial charge in [-0.05, 0) is 0 Å². The van der Waals surface area contributed by atoms with Gasteiger partial charge in [-0.25, -0.2) is 0 Å². The molecular weight excluding hydrogens is 243 g/mol. The Morgan fingerprint density at radius 3 is 0.571 bits per heavy atom. The Hall–Kier alpha value is 2.70. The third-order valence-corrected chi connectivity index (χ3v) is 0. The SMILES string of the molecule is [Ca+2].[OH-].[OH-].[OH-].[OH-].[Ti].[Zr+2]. The molecule has 38 valence electrons. The molecular formula is H4CaO4TiZr. The molecule has 0 aliphatic carbocycles. The zero-order valence-corrected chi connectivity index (χ0v) is 9.72. The van der Waals surface area contributed by atoms with Crippen LogP contribution in [0, 0.1) is 0 Å². The van der Waals surface area contributed by atoms with Crippen molar-refractivity contribution in [3.63, 3.8) is 0 Å².